The van der Waals surface area contributed by atoms with Crippen molar-refractivity contribution in [3.8, 4) is 5.75 Å². The third-order valence-corrected chi connectivity index (χ3v) is 3.06. The number of para-hydroxylation sites is 1. The van der Waals surface area contributed by atoms with E-state index in [1.165, 1.54) is 0 Å². The van der Waals surface area contributed by atoms with Crippen molar-refractivity contribution in [1.29, 1.82) is 0 Å². The van der Waals surface area contributed by atoms with Gasteiger partial charge >= 0.3 is 7.94 Å². The molecule has 0 spiro atoms. The zero-order valence-electron chi connectivity index (χ0n) is 7.77. The third-order valence-electron chi connectivity index (χ3n) is 1.75. The molecule has 0 fully saturated rings. The largest absolute Gasteiger partial charge is 0.451 e. The molecule has 0 amide bonds. The number of aryl methyl sites for hydroxylation is 1. The van der Waals surface area contributed by atoms with Crippen LogP contribution >= 0.6 is 7.94 Å². The SMILES string of the molecule is CC[P+](O)(O)Oc1ccccc1C. The molecule has 0 aliphatic carbocycles. The summed E-state index contributed by atoms with van der Waals surface area (Å²) in [5.41, 5.74) is 0.906. The fourth-order valence-corrected chi connectivity index (χ4v) is 1.53. The van der Waals surface area contributed by atoms with E-state index in [1.807, 2.05) is 19.1 Å². The quantitative estimate of drug-likeness (QED) is 0.736. The molecule has 72 valence electrons. The summed E-state index contributed by atoms with van der Waals surface area (Å²) in [6.45, 7) is 3.55. The molecule has 1 aromatic rings. The zero-order valence-corrected chi connectivity index (χ0v) is 8.66. The van der Waals surface area contributed by atoms with Gasteiger partial charge in [-0.25, -0.2) is 0 Å². The van der Waals surface area contributed by atoms with Crippen LogP contribution in [0.25, 0.3) is 0 Å². The van der Waals surface area contributed by atoms with Gasteiger partial charge in [-0.15, -0.1) is 0 Å². The lowest BCUT2D eigenvalue weighted by molar-refractivity contribution is 0.340. The summed E-state index contributed by atoms with van der Waals surface area (Å²) >= 11 is 0. The second-order valence-corrected chi connectivity index (χ2v) is 4.98. The molecule has 0 saturated carbocycles. The maximum absolute atomic E-state index is 9.35. The van der Waals surface area contributed by atoms with E-state index in [0.29, 0.717) is 5.75 Å². The van der Waals surface area contributed by atoms with Crippen LogP contribution in [0.15, 0.2) is 24.3 Å². The van der Waals surface area contributed by atoms with E-state index in [9.17, 15) is 9.79 Å². The predicted octanol–water partition coefficient (Wildman–Crippen LogP) is 2.14. The molecule has 0 aliphatic rings. The second-order valence-electron chi connectivity index (χ2n) is 2.84. The van der Waals surface area contributed by atoms with E-state index in [4.69, 9.17) is 4.52 Å². The summed E-state index contributed by atoms with van der Waals surface area (Å²) in [5.74, 6) is 0.544. The molecule has 1 aromatic carbocycles. The molecule has 4 heteroatoms. The van der Waals surface area contributed by atoms with Crippen LogP contribution in [0.2, 0.25) is 0 Å². The number of hydrogen-bond acceptors (Lipinski definition) is 3. The van der Waals surface area contributed by atoms with Gasteiger partial charge in [-0.2, -0.15) is 9.79 Å². The molecule has 3 nitrogen and oxygen atoms in total. The summed E-state index contributed by atoms with van der Waals surface area (Å²) in [5, 5.41) is 0. The van der Waals surface area contributed by atoms with Gasteiger partial charge in [0, 0.05) is 0 Å². The average Bonchev–Trinajstić information content (AvgIpc) is 2.09. The van der Waals surface area contributed by atoms with Crippen molar-refractivity contribution in [3.05, 3.63) is 29.8 Å². The van der Waals surface area contributed by atoms with Crippen LogP contribution in [0.4, 0.5) is 0 Å². The number of hydrogen-bond donors (Lipinski definition) is 2. The Morgan fingerprint density at radius 3 is 2.46 bits per heavy atom. The first-order chi connectivity index (χ1) is 6.05. The van der Waals surface area contributed by atoms with Crippen LogP contribution in [-0.2, 0) is 0 Å². The second kappa shape index (κ2) is 4.05. The third kappa shape index (κ3) is 2.96. The van der Waals surface area contributed by atoms with Gasteiger partial charge in [0.2, 0.25) is 0 Å². The topological polar surface area (TPSA) is 49.7 Å². The molecule has 0 aliphatic heterocycles. The molecule has 1 rings (SSSR count). The lowest BCUT2D eigenvalue weighted by Gasteiger charge is -2.11. The Kier molecular flexibility index (Phi) is 3.26. The first kappa shape index (κ1) is 10.5. The van der Waals surface area contributed by atoms with Gasteiger partial charge < -0.3 is 0 Å². The minimum atomic E-state index is -3.17. The maximum Gasteiger partial charge on any atom is 0.451 e. The summed E-state index contributed by atoms with van der Waals surface area (Å²) in [6, 6.07) is 7.28. The zero-order chi connectivity index (χ0) is 9.90. The van der Waals surface area contributed by atoms with Crippen molar-refractivity contribution >= 4 is 7.94 Å². The van der Waals surface area contributed by atoms with Gasteiger partial charge in [-0.05, 0) is 25.5 Å². The highest BCUT2D eigenvalue weighted by molar-refractivity contribution is 7.59. The lowest BCUT2D eigenvalue weighted by Crippen LogP contribution is -2.02. The monoisotopic (exact) mass is 201 g/mol. The minimum Gasteiger partial charge on any atom is -0.287 e. The standard InChI is InChI=1S/C9H14O3P/c1-3-13(10,11)12-9-7-5-4-6-8(9)2/h4-7,10-11H,3H2,1-2H3/q+1. The van der Waals surface area contributed by atoms with E-state index < -0.39 is 7.94 Å². The molecule has 0 unspecified atom stereocenters. The average molecular weight is 201 g/mol. The highest BCUT2D eigenvalue weighted by Gasteiger charge is 2.34. The normalized spacial score (nSPS) is 11.4. The molecule has 0 atom stereocenters. The highest BCUT2D eigenvalue weighted by Crippen LogP contribution is 2.50. The van der Waals surface area contributed by atoms with Gasteiger partial charge in [0.15, 0.2) is 5.75 Å². The van der Waals surface area contributed by atoms with E-state index in [2.05, 4.69) is 0 Å². The molecular formula is C9H14O3P+. The van der Waals surface area contributed by atoms with Gasteiger partial charge in [0.1, 0.15) is 6.16 Å². The number of rotatable bonds is 3. The summed E-state index contributed by atoms with van der Waals surface area (Å²) in [6.07, 6.45) is 0.237. The van der Waals surface area contributed by atoms with Crippen LogP contribution in [0.5, 0.6) is 5.75 Å². The van der Waals surface area contributed by atoms with Crippen LogP contribution < -0.4 is 4.52 Å². The van der Waals surface area contributed by atoms with E-state index >= 15 is 0 Å². The lowest BCUT2D eigenvalue weighted by atomic mass is 10.2. The maximum atomic E-state index is 9.35. The first-order valence-corrected chi connectivity index (χ1v) is 5.93. The van der Waals surface area contributed by atoms with Crippen molar-refractivity contribution in [1.82, 2.24) is 0 Å². The van der Waals surface area contributed by atoms with Crippen molar-refractivity contribution in [3.63, 3.8) is 0 Å². The summed E-state index contributed by atoms with van der Waals surface area (Å²) in [7, 11) is -3.17. The van der Waals surface area contributed by atoms with Crippen LogP contribution in [0.3, 0.4) is 0 Å². The van der Waals surface area contributed by atoms with Crippen molar-refractivity contribution in [2.24, 2.45) is 0 Å². The molecule has 0 saturated heterocycles. The molecule has 0 radical (unpaired) electrons. The Balaban J connectivity index is 2.80. The van der Waals surface area contributed by atoms with Crippen molar-refractivity contribution in [2.75, 3.05) is 6.16 Å². The molecule has 0 bridgehead atoms. The molecular weight excluding hydrogens is 187 g/mol. The summed E-state index contributed by atoms with van der Waals surface area (Å²) in [4.78, 5) is 18.7. The van der Waals surface area contributed by atoms with Crippen molar-refractivity contribution < 1.29 is 14.3 Å². The number of benzene rings is 1. The summed E-state index contributed by atoms with van der Waals surface area (Å²) < 4.78 is 5.10. The Labute approximate surface area is 78.6 Å². The van der Waals surface area contributed by atoms with E-state index in [-0.39, 0.29) is 6.16 Å². The van der Waals surface area contributed by atoms with Crippen molar-refractivity contribution in [2.45, 2.75) is 13.8 Å². The molecule has 0 heterocycles. The smallest absolute Gasteiger partial charge is 0.287 e. The van der Waals surface area contributed by atoms with Crippen LogP contribution in [-0.4, -0.2) is 15.9 Å². The van der Waals surface area contributed by atoms with E-state index in [0.717, 1.165) is 5.56 Å². The Morgan fingerprint density at radius 2 is 1.92 bits per heavy atom. The fourth-order valence-electron chi connectivity index (χ4n) is 0.881. The molecule has 0 aromatic heterocycles. The Bertz CT molecular complexity index is 286. The highest BCUT2D eigenvalue weighted by atomic mass is 31.2. The van der Waals surface area contributed by atoms with Crippen LogP contribution in [0.1, 0.15) is 12.5 Å². The Morgan fingerprint density at radius 1 is 1.31 bits per heavy atom. The Hall–Kier alpha value is -0.630. The molecule has 13 heavy (non-hydrogen) atoms. The van der Waals surface area contributed by atoms with Crippen LogP contribution in [0, 0.1) is 6.92 Å². The van der Waals surface area contributed by atoms with Gasteiger partial charge in [-0.1, -0.05) is 18.2 Å². The minimum absolute atomic E-state index is 0.237. The molecule has 2 N–H and O–H groups in total. The first-order valence-electron chi connectivity index (χ1n) is 4.14. The van der Waals surface area contributed by atoms with Gasteiger partial charge in [0.05, 0.1) is 0 Å². The van der Waals surface area contributed by atoms with E-state index in [1.54, 1.807) is 19.1 Å². The fraction of sp³-hybridized carbons (Fsp3) is 0.333. The van der Waals surface area contributed by atoms with Gasteiger partial charge in [0.25, 0.3) is 0 Å². The van der Waals surface area contributed by atoms with Gasteiger partial charge in [-0.3, -0.25) is 4.52 Å². The predicted molar refractivity (Wildman–Crippen MR) is 53.7 cm³/mol.